The summed E-state index contributed by atoms with van der Waals surface area (Å²) in [5, 5.41) is 21.6. The summed E-state index contributed by atoms with van der Waals surface area (Å²) in [7, 11) is 0. The predicted molar refractivity (Wildman–Crippen MR) is 60.8 cm³/mol. The number of hydrogen-bond donors (Lipinski definition) is 1. The summed E-state index contributed by atoms with van der Waals surface area (Å²) in [5.41, 5.74) is 0.857. The Hall–Kier alpha value is -1.35. The maximum absolute atomic E-state index is 10.9. The molecule has 0 saturated heterocycles. The van der Waals surface area contributed by atoms with Crippen molar-refractivity contribution in [3.05, 3.63) is 35.9 Å². The van der Waals surface area contributed by atoms with Crippen molar-refractivity contribution in [2.75, 3.05) is 0 Å². The van der Waals surface area contributed by atoms with Gasteiger partial charge in [0.1, 0.15) is 5.84 Å². The fourth-order valence-corrected chi connectivity index (χ4v) is 1.37. The fourth-order valence-electron chi connectivity index (χ4n) is 1.37. The van der Waals surface area contributed by atoms with Gasteiger partial charge >= 0.3 is 29.6 Å². The molecule has 0 aliphatic carbocycles. The van der Waals surface area contributed by atoms with Crippen LogP contribution in [-0.2, 0) is 11.2 Å². The number of nitrogens with one attached hydrogen (secondary N) is 1. The van der Waals surface area contributed by atoms with Crippen LogP contribution in [0, 0.1) is 11.5 Å². The minimum absolute atomic E-state index is 0. The van der Waals surface area contributed by atoms with Gasteiger partial charge in [0.2, 0.25) is 0 Å². The average molecular weight is 253 g/mol. The zero-order chi connectivity index (χ0) is 12.7. The Bertz CT molecular complexity index is 454. The van der Waals surface area contributed by atoms with Gasteiger partial charge < -0.3 is 9.90 Å². The Morgan fingerprint density at radius 3 is 2.61 bits per heavy atom. The van der Waals surface area contributed by atoms with Crippen molar-refractivity contribution in [1.29, 1.82) is 5.26 Å². The Labute approximate surface area is 128 Å². The fraction of sp³-hybridized carbons (Fsp3) is 0.250. The monoisotopic (exact) mass is 253 g/mol. The molecule has 0 radical (unpaired) electrons. The van der Waals surface area contributed by atoms with E-state index in [9.17, 15) is 9.90 Å². The normalized spacial score (nSPS) is 11.9. The van der Waals surface area contributed by atoms with Crippen LogP contribution in [-0.4, -0.2) is 17.8 Å². The molecule has 1 N–H and O–H groups in total. The van der Waals surface area contributed by atoms with Crippen molar-refractivity contribution < 1.29 is 39.5 Å². The van der Waals surface area contributed by atoms with Gasteiger partial charge in [0.05, 0.1) is 12.0 Å². The number of nitriles is 1. The summed E-state index contributed by atoms with van der Waals surface area (Å²) in [6, 6.07) is 8.15. The molecule has 1 atom stereocenters. The van der Waals surface area contributed by atoms with Crippen LogP contribution in [0.2, 0.25) is 0 Å². The number of benzene rings is 1. The molecular weight excluding hydrogens is 241 g/mol. The van der Waals surface area contributed by atoms with Crippen LogP contribution < -0.4 is 40.0 Å². The molecule has 0 bridgehead atoms. The topological polar surface area (TPSA) is 88.3 Å². The van der Waals surface area contributed by atoms with Gasteiger partial charge in [-0.2, -0.15) is 5.26 Å². The molecular formula is C12H12N3NaO2. The van der Waals surface area contributed by atoms with Crippen molar-refractivity contribution in [3.8, 4) is 6.19 Å². The first kappa shape index (κ1) is 16.6. The second-order valence-electron chi connectivity index (χ2n) is 3.48. The van der Waals surface area contributed by atoms with Crippen molar-refractivity contribution >= 4 is 11.8 Å². The molecule has 1 aromatic carbocycles. The summed E-state index contributed by atoms with van der Waals surface area (Å²) in [6.07, 6.45) is 1.93. The van der Waals surface area contributed by atoms with Crippen molar-refractivity contribution in [2.45, 2.75) is 19.4 Å². The van der Waals surface area contributed by atoms with E-state index in [4.69, 9.17) is 5.26 Å². The first-order chi connectivity index (χ1) is 8.13. The van der Waals surface area contributed by atoms with Crippen LogP contribution >= 0.6 is 0 Å². The molecule has 1 rings (SSSR count). The number of carboxylic acid groups (broad SMARTS) is 1. The number of carbonyl (C=O) groups excluding carboxylic acids is 1. The molecule has 1 aromatic rings. The quantitative estimate of drug-likeness (QED) is 0.202. The summed E-state index contributed by atoms with van der Waals surface area (Å²) in [6.45, 7) is 1.53. The third kappa shape index (κ3) is 5.82. The van der Waals surface area contributed by atoms with Gasteiger partial charge in [-0.3, -0.25) is 10.3 Å². The second kappa shape index (κ2) is 8.70. The van der Waals surface area contributed by atoms with Gasteiger partial charge in [-0.05, 0) is 12.5 Å². The maximum Gasteiger partial charge on any atom is 1.00 e. The van der Waals surface area contributed by atoms with Crippen LogP contribution in [0.15, 0.2) is 35.3 Å². The van der Waals surface area contributed by atoms with E-state index in [1.54, 1.807) is 6.19 Å². The summed E-state index contributed by atoms with van der Waals surface area (Å²) in [5.74, 6) is -0.995. The SMILES string of the molecule is CC(=NC(Cc1ccccc1)C(=O)[O-])NC#N.[Na+]. The molecule has 0 aliphatic heterocycles. The Kier molecular flexibility index (Phi) is 8.05. The molecule has 0 aromatic heterocycles. The Morgan fingerprint density at radius 1 is 1.50 bits per heavy atom. The molecule has 0 saturated carbocycles. The molecule has 0 fully saturated rings. The van der Waals surface area contributed by atoms with Crippen molar-refractivity contribution in [1.82, 2.24) is 5.32 Å². The number of aliphatic carboxylic acids is 1. The second-order valence-corrected chi connectivity index (χ2v) is 3.48. The van der Waals surface area contributed by atoms with Crippen LogP contribution in [0.25, 0.3) is 0 Å². The first-order valence-electron chi connectivity index (χ1n) is 5.07. The van der Waals surface area contributed by atoms with Crippen molar-refractivity contribution in [3.63, 3.8) is 0 Å². The number of amidine groups is 1. The minimum atomic E-state index is -1.26. The summed E-state index contributed by atoms with van der Waals surface area (Å²) >= 11 is 0. The van der Waals surface area contributed by atoms with E-state index in [0.717, 1.165) is 5.56 Å². The van der Waals surface area contributed by atoms with Crippen LogP contribution in [0.3, 0.4) is 0 Å². The molecule has 0 aliphatic rings. The molecule has 0 heterocycles. The van der Waals surface area contributed by atoms with E-state index in [-0.39, 0.29) is 41.8 Å². The average Bonchev–Trinajstić information content (AvgIpc) is 2.29. The Balaban J connectivity index is 0.00000289. The van der Waals surface area contributed by atoms with Gasteiger partial charge in [0.15, 0.2) is 6.19 Å². The zero-order valence-electron chi connectivity index (χ0n) is 10.4. The third-order valence-corrected chi connectivity index (χ3v) is 2.13. The van der Waals surface area contributed by atoms with Crippen LogP contribution in [0.5, 0.6) is 0 Å². The maximum atomic E-state index is 10.9. The number of carboxylic acids is 1. The number of carbonyl (C=O) groups is 1. The number of hydrogen-bond acceptors (Lipinski definition) is 4. The minimum Gasteiger partial charge on any atom is -0.548 e. The third-order valence-electron chi connectivity index (χ3n) is 2.13. The Morgan fingerprint density at radius 2 is 2.11 bits per heavy atom. The van der Waals surface area contributed by atoms with E-state index >= 15 is 0 Å². The number of rotatable bonds is 4. The standard InChI is InChI=1S/C12H13N3O2.Na/c1-9(14-8-13)15-11(12(16)17)7-10-5-3-2-4-6-10;/h2-6,11H,7H2,1H3,(H,14,15)(H,16,17);/q;+1/p-1. The molecule has 0 spiro atoms. The molecule has 88 valence electrons. The van der Waals surface area contributed by atoms with Gasteiger partial charge in [-0.25, -0.2) is 0 Å². The summed E-state index contributed by atoms with van der Waals surface area (Å²) < 4.78 is 0. The largest absolute Gasteiger partial charge is 1.00 e. The molecule has 18 heavy (non-hydrogen) atoms. The molecule has 5 nitrogen and oxygen atoms in total. The zero-order valence-corrected chi connectivity index (χ0v) is 12.4. The number of aliphatic imine (C=N–C) groups is 1. The van der Waals surface area contributed by atoms with E-state index in [1.807, 2.05) is 30.3 Å². The molecule has 1 unspecified atom stereocenters. The van der Waals surface area contributed by atoms with Crippen LogP contribution in [0.1, 0.15) is 12.5 Å². The molecule has 0 amide bonds. The number of nitrogens with zero attached hydrogens (tertiary/aromatic N) is 2. The van der Waals surface area contributed by atoms with E-state index in [0.29, 0.717) is 0 Å². The van der Waals surface area contributed by atoms with Gasteiger partial charge in [0, 0.05) is 6.42 Å². The van der Waals surface area contributed by atoms with E-state index in [1.165, 1.54) is 6.92 Å². The van der Waals surface area contributed by atoms with Crippen molar-refractivity contribution in [2.24, 2.45) is 4.99 Å². The van der Waals surface area contributed by atoms with Gasteiger partial charge in [-0.1, -0.05) is 30.3 Å². The molecule has 6 heteroatoms. The van der Waals surface area contributed by atoms with Gasteiger partial charge in [0.25, 0.3) is 0 Å². The van der Waals surface area contributed by atoms with Crippen LogP contribution in [0.4, 0.5) is 0 Å². The van der Waals surface area contributed by atoms with Gasteiger partial charge in [-0.15, -0.1) is 0 Å². The van der Waals surface area contributed by atoms with E-state index < -0.39 is 12.0 Å². The van der Waals surface area contributed by atoms with E-state index in [2.05, 4.69) is 10.3 Å². The summed E-state index contributed by atoms with van der Waals surface area (Å²) in [4.78, 5) is 14.8. The smallest absolute Gasteiger partial charge is 0.548 e. The first-order valence-corrected chi connectivity index (χ1v) is 5.07. The predicted octanol–water partition coefficient (Wildman–Crippen LogP) is -3.16.